The smallest absolute Gasteiger partial charge is 0.0751 e. The molecule has 6 aromatic carbocycles. The molecule has 1 atom stereocenters. The second-order valence-corrected chi connectivity index (χ2v) is 12.2. The van der Waals surface area contributed by atoms with Crippen molar-refractivity contribution in [2.75, 3.05) is 0 Å². The Bertz CT molecular complexity index is 1840. The van der Waals surface area contributed by atoms with Crippen LogP contribution in [-0.4, -0.2) is 0 Å². The van der Waals surface area contributed by atoms with E-state index in [0.717, 1.165) is 0 Å². The molecule has 0 aliphatic carbocycles. The first kappa shape index (κ1) is 23.0. The lowest BCUT2D eigenvalue weighted by Crippen LogP contribution is -2.37. The van der Waals surface area contributed by atoms with Gasteiger partial charge in [-0.05, 0) is 62.7 Å². The molecule has 0 amide bonds. The third kappa shape index (κ3) is 3.35. The molecule has 2 aliphatic heterocycles. The van der Waals surface area contributed by atoms with E-state index in [0.29, 0.717) is 0 Å². The molecule has 0 fully saturated rings. The minimum absolute atomic E-state index is 0.439. The summed E-state index contributed by atoms with van der Waals surface area (Å²) in [5, 5.41) is 0. The van der Waals surface area contributed by atoms with E-state index in [1.807, 2.05) is 23.5 Å². The predicted octanol–water partition coefficient (Wildman–Crippen LogP) is 10.3. The maximum Gasteiger partial charge on any atom is 0.0751 e. The first-order valence-corrected chi connectivity index (χ1v) is 14.9. The van der Waals surface area contributed by atoms with Crippen LogP contribution in [0.2, 0.25) is 0 Å². The molecule has 6 aromatic rings. The lowest BCUT2D eigenvalue weighted by Gasteiger charge is -2.47. The molecular weight excluding hydrogens is 509 g/mol. The van der Waals surface area contributed by atoms with Crippen molar-refractivity contribution in [3.05, 3.63) is 168 Å². The Morgan fingerprint density at radius 2 is 0.846 bits per heavy atom. The van der Waals surface area contributed by atoms with Crippen molar-refractivity contribution >= 4 is 23.5 Å². The molecule has 0 nitrogen and oxygen atoms in total. The summed E-state index contributed by atoms with van der Waals surface area (Å²) < 4.78 is 0. The zero-order valence-corrected chi connectivity index (χ0v) is 22.8. The van der Waals surface area contributed by atoms with Crippen LogP contribution in [0, 0.1) is 0 Å². The number of hydrogen-bond donors (Lipinski definition) is 0. The van der Waals surface area contributed by atoms with Crippen molar-refractivity contribution in [3.63, 3.8) is 0 Å². The fourth-order valence-electron chi connectivity index (χ4n) is 6.45. The average Bonchev–Trinajstić information content (AvgIpc) is 3.01. The number of rotatable bonds is 2. The van der Waals surface area contributed by atoms with Crippen LogP contribution >= 0.6 is 23.5 Å². The highest BCUT2D eigenvalue weighted by atomic mass is 32.2. The van der Waals surface area contributed by atoms with Crippen molar-refractivity contribution in [2.45, 2.75) is 25.0 Å². The zero-order chi connectivity index (χ0) is 25.8. The molecule has 0 N–H and O–H groups in total. The summed E-state index contributed by atoms with van der Waals surface area (Å²) in [4.78, 5) is 5.32. The molecule has 0 saturated heterocycles. The maximum absolute atomic E-state index is 2.38. The minimum Gasteiger partial charge on any atom is -0.0894 e. The standard InChI is InChI=1S/C37H24S2/c1-3-13-25(14-4-1)27-17-12-24-34-35(27)37(29-19-7-9-22-32(29)38-34)30-20-8-10-23-33(30)39-36-28(18-11-21-31(36)37)26-15-5-2-6-16-26/h1-24H. The maximum atomic E-state index is 2.38. The highest BCUT2D eigenvalue weighted by molar-refractivity contribution is 8.00. The quantitative estimate of drug-likeness (QED) is 0.217. The third-order valence-corrected chi connectivity index (χ3v) is 10.4. The molecule has 0 saturated carbocycles. The van der Waals surface area contributed by atoms with Crippen LogP contribution in [0.1, 0.15) is 22.3 Å². The van der Waals surface area contributed by atoms with Gasteiger partial charge in [-0.2, -0.15) is 0 Å². The molecule has 0 aromatic heterocycles. The van der Waals surface area contributed by atoms with Gasteiger partial charge in [0.1, 0.15) is 0 Å². The lowest BCUT2D eigenvalue weighted by atomic mass is 9.62. The van der Waals surface area contributed by atoms with Crippen molar-refractivity contribution in [2.24, 2.45) is 0 Å². The second kappa shape index (κ2) is 9.05. The van der Waals surface area contributed by atoms with E-state index < -0.39 is 5.41 Å². The van der Waals surface area contributed by atoms with Crippen LogP contribution in [0.4, 0.5) is 0 Å². The molecule has 39 heavy (non-hydrogen) atoms. The largest absolute Gasteiger partial charge is 0.0894 e. The number of hydrogen-bond acceptors (Lipinski definition) is 2. The molecule has 184 valence electrons. The molecule has 1 unspecified atom stereocenters. The van der Waals surface area contributed by atoms with Gasteiger partial charge in [-0.3, -0.25) is 0 Å². The third-order valence-electron chi connectivity index (χ3n) is 8.00. The van der Waals surface area contributed by atoms with Gasteiger partial charge in [0.2, 0.25) is 0 Å². The topological polar surface area (TPSA) is 0 Å². The minimum atomic E-state index is -0.439. The zero-order valence-electron chi connectivity index (χ0n) is 21.2. The summed E-state index contributed by atoms with van der Waals surface area (Å²) in [6.07, 6.45) is 0. The van der Waals surface area contributed by atoms with E-state index in [1.165, 1.54) is 64.1 Å². The van der Waals surface area contributed by atoms with Crippen LogP contribution in [-0.2, 0) is 5.41 Å². The van der Waals surface area contributed by atoms with Gasteiger partial charge >= 0.3 is 0 Å². The van der Waals surface area contributed by atoms with Gasteiger partial charge in [-0.1, -0.05) is 151 Å². The summed E-state index contributed by atoms with van der Waals surface area (Å²) in [6.45, 7) is 0. The fraction of sp³-hybridized carbons (Fsp3) is 0.0270. The van der Waals surface area contributed by atoms with Gasteiger partial charge in [-0.25, -0.2) is 0 Å². The van der Waals surface area contributed by atoms with Crippen LogP contribution in [0.25, 0.3) is 22.3 Å². The molecule has 2 aliphatic rings. The van der Waals surface area contributed by atoms with Crippen molar-refractivity contribution < 1.29 is 0 Å². The van der Waals surface area contributed by atoms with Crippen LogP contribution in [0.3, 0.4) is 0 Å². The molecule has 2 heteroatoms. The Balaban J connectivity index is 1.57. The summed E-state index contributed by atoms with van der Waals surface area (Å²) >= 11 is 3.82. The Morgan fingerprint density at radius 3 is 1.54 bits per heavy atom. The van der Waals surface area contributed by atoms with E-state index >= 15 is 0 Å². The Hall–Kier alpha value is -3.98. The predicted molar refractivity (Wildman–Crippen MR) is 164 cm³/mol. The summed E-state index contributed by atoms with van der Waals surface area (Å²) in [5.74, 6) is 0. The Kier molecular flexibility index (Phi) is 5.33. The number of fused-ring (bicyclic) bond motifs is 8. The van der Waals surface area contributed by atoms with Crippen molar-refractivity contribution in [1.82, 2.24) is 0 Å². The van der Waals surface area contributed by atoms with Gasteiger partial charge in [-0.15, -0.1) is 0 Å². The van der Waals surface area contributed by atoms with Gasteiger partial charge in [0.25, 0.3) is 0 Å². The van der Waals surface area contributed by atoms with Crippen LogP contribution in [0.15, 0.2) is 165 Å². The molecular formula is C37H24S2. The average molecular weight is 533 g/mol. The van der Waals surface area contributed by atoms with Gasteiger partial charge in [0.15, 0.2) is 0 Å². The van der Waals surface area contributed by atoms with E-state index in [1.54, 1.807) is 0 Å². The molecule has 8 rings (SSSR count). The number of benzene rings is 6. The van der Waals surface area contributed by atoms with Crippen LogP contribution < -0.4 is 0 Å². The monoisotopic (exact) mass is 532 g/mol. The SMILES string of the molecule is c1ccc(-c2cccc3c2Sc2ccccc2C32c3ccccc3Sc3cccc(-c4ccccc4)c32)cc1. The van der Waals surface area contributed by atoms with E-state index in [-0.39, 0.29) is 0 Å². The van der Waals surface area contributed by atoms with Crippen LogP contribution in [0.5, 0.6) is 0 Å². The highest BCUT2D eigenvalue weighted by Gasteiger charge is 2.50. The fourth-order valence-corrected chi connectivity index (χ4v) is 9.00. The molecule has 0 bridgehead atoms. The molecule has 0 radical (unpaired) electrons. The van der Waals surface area contributed by atoms with Gasteiger partial charge in [0, 0.05) is 19.6 Å². The Morgan fingerprint density at radius 1 is 0.359 bits per heavy atom. The van der Waals surface area contributed by atoms with Gasteiger partial charge in [0.05, 0.1) is 5.41 Å². The van der Waals surface area contributed by atoms with E-state index in [2.05, 4.69) is 146 Å². The first-order chi connectivity index (χ1) is 19.4. The molecule has 2 heterocycles. The first-order valence-electron chi connectivity index (χ1n) is 13.3. The lowest BCUT2D eigenvalue weighted by molar-refractivity contribution is 0.669. The van der Waals surface area contributed by atoms with Gasteiger partial charge < -0.3 is 0 Å². The normalized spacial score (nSPS) is 16.6. The summed E-state index contributed by atoms with van der Waals surface area (Å²) in [6, 6.07) is 53.6. The summed E-state index contributed by atoms with van der Waals surface area (Å²) in [5.41, 5.74) is 10.1. The van der Waals surface area contributed by atoms with Crippen molar-refractivity contribution in [3.8, 4) is 22.3 Å². The molecule has 1 spiro atoms. The van der Waals surface area contributed by atoms with E-state index in [9.17, 15) is 0 Å². The van der Waals surface area contributed by atoms with E-state index in [4.69, 9.17) is 0 Å². The van der Waals surface area contributed by atoms with Crippen molar-refractivity contribution in [1.29, 1.82) is 0 Å². The highest BCUT2D eigenvalue weighted by Crippen LogP contribution is 2.64. The summed E-state index contributed by atoms with van der Waals surface area (Å²) in [7, 11) is 0. The second-order valence-electron chi connectivity index (χ2n) is 10.0. The Labute approximate surface area is 237 Å².